The maximum absolute atomic E-state index is 13.0. The highest BCUT2D eigenvalue weighted by Crippen LogP contribution is 2.24. The van der Waals surface area contributed by atoms with E-state index in [1.54, 1.807) is 28.2 Å². The van der Waals surface area contributed by atoms with Gasteiger partial charge in [0.05, 0.1) is 18.7 Å². The zero-order valence-corrected chi connectivity index (χ0v) is 15.5. The van der Waals surface area contributed by atoms with Crippen LogP contribution in [0.25, 0.3) is 11.3 Å². The number of carbonyl (C=O) groups excluding carboxylic acids is 1. The fourth-order valence-electron chi connectivity index (χ4n) is 2.84. The van der Waals surface area contributed by atoms with Crippen LogP contribution in [0.15, 0.2) is 49.1 Å². The summed E-state index contributed by atoms with van der Waals surface area (Å²) in [7, 11) is 0. The number of nitrogens with zero attached hydrogens (tertiary/aromatic N) is 6. The van der Waals surface area contributed by atoms with Gasteiger partial charge in [0.15, 0.2) is 0 Å². The van der Waals surface area contributed by atoms with Gasteiger partial charge < -0.3 is 5.73 Å². The molecule has 2 N–H and O–H groups in total. The molecule has 0 bridgehead atoms. The number of rotatable bonds is 7. The molecule has 8 heteroatoms. The number of aromatic nitrogens is 5. The molecule has 0 aliphatic carbocycles. The second kappa shape index (κ2) is 8.50. The van der Waals surface area contributed by atoms with E-state index in [-0.39, 0.29) is 11.8 Å². The zero-order chi connectivity index (χ0) is 19.2. The monoisotopic (exact) mass is 365 g/mol. The number of amides is 1. The molecule has 0 saturated heterocycles. The summed E-state index contributed by atoms with van der Waals surface area (Å²) in [4.78, 5) is 23.2. The summed E-state index contributed by atoms with van der Waals surface area (Å²) in [5.41, 5.74) is 8.00. The summed E-state index contributed by atoms with van der Waals surface area (Å²) < 4.78 is 1.70. The molecule has 1 unspecified atom stereocenters. The standard InChI is InChI=1S/C19H23N7O/c1-3-26(19(27)14(2)16-5-4-8-21-12-16)18-11-15(6-9-22-18)17-13-25(10-7-20)24-23-17/h4-6,8-9,11-14H,3,7,10,20H2,1-2H3. The lowest BCUT2D eigenvalue weighted by Crippen LogP contribution is -2.34. The highest BCUT2D eigenvalue weighted by atomic mass is 16.2. The van der Waals surface area contributed by atoms with Gasteiger partial charge in [0.2, 0.25) is 5.91 Å². The SMILES string of the molecule is CCN(C(=O)C(C)c1cccnc1)c1cc(-c2cn(CCN)nn2)ccn1. The van der Waals surface area contributed by atoms with E-state index in [2.05, 4.69) is 20.3 Å². The van der Waals surface area contributed by atoms with E-state index in [9.17, 15) is 4.79 Å². The lowest BCUT2D eigenvalue weighted by atomic mass is 10.0. The summed E-state index contributed by atoms with van der Waals surface area (Å²) in [6.07, 6.45) is 6.93. The van der Waals surface area contributed by atoms with E-state index < -0.39 is 0 Å². The van der Waals surface area contributed by atoms with Gasteiger partial charge in [-0.1, -0.05) is 11.3 Å². The van der Waals surface area contributed by atoms with Crippen molar-refractivity contribution < 1.29 is 4.79 Å². The van der Waals surface area contributed by atoms with Crippen LogP contribution < -0.4 is 10.6 Å². The largest absolute Gasteiger partial charge is 0.329 e. The van der Waals surface area contributed by atoms with Gasteiger partial charge in [-0.15, -0.1) is 5.10 Å². The van der Waals surface area contributed by atoms with Gasteiger partial charge in [-0.25, -0.2) is 4.98 Å². The smallest absolute Gasteiger partial charge is 0.235 e. The predicted octanol–water partition coefficient (Wildman–Crippen LogP) is 1.85. The summed E-state index contributed by atoms with van der Waals surface area (Å²) in [5.74, 6) is 0.251. The first-order valence-electron chi connectivity index (χ1n) is 8.92. The minimum atomic E-state index is -0.311. The minimum absolute atomic E-state index is 0.0260. The highest BCUT2D eigenvalue weighted by molar-refractivity contribution is 5.97. The van der Waals surface area contributed by atoms with E-state index in [1.807, 2.05) is 44.3 Å². The molecule has 1 amide bonds. The third-order valence-electron chi connectivity index (χ3n) is 4.35. The Hall–Kier alpha value is -3.13. The zero-order valence-electron chi connectivity index (χ0n) is 15.5. The summed E-state index contributed by atoms with van der Waals surface area (Å²) in [6.45, 7) is 5.42. The van der Waals surface area contributed by atoms with Gasteiger partial charge in [-0.3, -0.25) is 19.4 Å². The Morgan fingerprint density at radius 2 is 2.19 bits per heavy atom. The van der Waals surface area contributed by atoms with Crippen LogP contribution >= 0.6 is 0 Å². The Morgan fingerprint density at radius 3 is 2.89 bits per heavy atom. The van der Waals surface area contributed by atoms with Crippen molar-refractivity contribution in [2.75, 3.05) is 18.0 Å². The fourth-order valence-corrected chi connectivity index (χ4v) is 2.84. The van der Waals surface area contributed by atoms with Crippen LogP contribution in [0.2, 0.25) is 0 Å². The van der Waals surface area contributed by atoms with Gasteiger partial charge in [0, 0.05) is 37.2 Å². The molecule has 3 rings (SSSR count). The number of hydrogen-bond acceptors (Lipinski definition) is 6. The molecular formula is C19H23N7O. The summed E-state index contributed by atoms with van der Waals surface area (Å²) >= 11 is 0. The van der Waals surface area contributed by atoms with Gasteiger partial charge in [-0.05, 0) is 37.6 Å². The van der Waals surface area contributed by atoms with Crippen LogP contribution in [0.1, 0.15) is 25.3 Å². The molecule has 140 valence electrons. The quantitative estimate of drug-likeness (QED) is 0.685. The van der Waals surface area contributed by atoms with E-state index in [0.29, 0.717) is 25.5 Å². The molecule has 0 fully saturated rings. The van der Waals surface area contributed by atoms with Crippen molar-refractivity contribution in [1.82, 2.24) is 25.0 Å². The lowest BCUT2D eigenvalue weighted by Gasteiger charge is -2.24. The lowest BCUT2D eigenvalue weighted by molar-refractivity contribution is -0.119. The number of pyridine rings is 2. The first-order valence-corrected chi connectivity index (χ1v) is 8.92. The molecule has 1 atom stereocenters. The topological polar surface area (TPSA) is 103 Å². The molecule has 0 radical (unpaired) electrons. The average molecular weight is 365 g/mol. The van der Waals surface area contributed by atoms with Crippen LogP contribution in [0.5, 0.6) is 0 Å². The van der Waals surface area contributed by atoms with Crippen LogP contribution in [-0.2, 0) is 11.3 Å². The highest BCUT2D eigenvalue weighted by Gasteiger charge is 2.23. The molecule has 3 aromatic heterocycles. The maximum Gasteiger partial charge on any atom is 0.235 e. The fraction of sp³-hybridized carbons (Fsp3) is 0.316. The Kier molecular flexibility index (Phi) is 5.87. The van der Waals surface area contributed by atoms with Crippen molar-refractivity contribution in [2.24, 2.45) is 5.73 Å². The second-order valence-corrected chi connectivity index (χ2v) is 6.15. The van der Waals surface area contributed by atoms with Crippen molar-refractivity contribution in [1.29, 1.82) is 0 Å². The normalized spacial score (nSPS) is 12.0. The summed E-state index contributed by atoms with van der Waals surface area (Å²) in [5, 5.41) is 8.24. The number of nitrogens with two attached hydrogens (primary N) is 1. The molecule has 3 heterocycles. The molecule has 0 saturated carbocycles. The molecule has 0 aliphatic rings. The van der Waals surface area contributed by atoms with Crippen molar-refractivity contribution in [3.8, 4) is 11.3 Å². The van der Waals surface area contributed by atoms with Crippen molar-refractivity contribution in [3.05, 3.63) is 54.6 Å². The van der Waals surface area contributed by atoms with Crippen molar-refractivity contribution in [2.45, 2.75) is 26.3 Å². The van der Waals surface area contributed by atoms with E-state index in [4.69, 9.17) is 5.73 Å². The third kappa shape index (κ3) is 4.17. The Balaban J connectivity index is 1.86. The first kappa shape index (κ1) is 18.7. The van der Waals surface area contributed by atoms with Crippen molar-refractivity contribution in [3.63, 3.8) is 0 Å². The number of carbonyl (C=O) groups is 1. The van der Waals surface area contributed by atoms with Gasteiger partial charge in [0.25, 0.3) is 0 Å². The molecule has 0 spiro atoms. The Labute approximate surface area is 158 Å². The molecule has 0 aliphatic heterocycles. The van der Waals surface area contributed by atoms with Crippen molar-refractivity contribution >= 4 is 11.7 Å². The number of hydrogen-bond donors (Lipinski definition) is 1. The maximum atomic E-state index is 13.0. The van der Waals surface area contributed by atoms with Gasteiger partial charge in [0.1, 0.15) is 11.5 Å². The molecule has 3 aromatic rings. The molecule has 0 aromatic carbocycles. The number of likely N-dealkylation sites (N-methyl/N-ethyl adjacent to an activating group) is 1. The molecule has 27 heavy (non-hydrogen) atoms. The average Bonchev–Trinajstić information content (AvgIpc) is 3.18. The summed E-state index contributed by atoms with van der Waals surface area (Å²) in [6, 6.07) is 7.44. The van der Waals surface area contributed by atoms with Crippen LogP contribution in [0, 0.1) is 0 Å². The number of anilines is 1. The molecule has 8 nitrogen and oxygen atoms in total. The molecular weight excluding hydrogens is 342 g/mol. The second-order valence-electron chi connectivity index (χ2n) is 6.15. The van der Waals surface area contributed by atoms with Crippen LogP contribution in [-0.4, -0.2) is 44.0 Å². The first-order chi connectivity index (χ1) is 13.1. The predicted molar refractivity (Wildman–Crippen MR) is 103 cm³/mol. The Bertz CT molecular complexity index is 894. The van der Waals surface area contributed by atoms with Gasteiger partial charge in [-0.2, -0.15) is 0 Å². The third-order valence-corrected chi connectivity index (χ3v) is 4.35. The minimum Gasteiger partial charge on any atom is -0.329 e. The van der Waals surface area contributed by atoms with E-state index in [1.165, 1.54) is 0 Å². The van der Waals surface area contributed by atoms with Crippen LogP contribution in [0.3, 0.4) is 0 Å². The van der Waals surface area contributed by atoms with Crippen LogP contribution in [0.4, 0.5) is 5.82 Å². The van der Waals surface area contributed by atoms with Gasteiger partial charge >= 0.3 is 0 Å². The van der Waals surface area contributed by atoms with E-state index in [0.717, 1.165) is 16.8 Å². The van der Waals surface area contributed by atoms with E-state index >= 15 is 0 Å². The Morgan fingerprint density at radius 1 is 1.33 bits per heavy atom.